The first-order valence-corrected chi connectivity index (χ1v) is 14.5. The molecule has 0 unspecified atom stereocenters. The Bertz CT molecular complexity index is 1410. The predicted octanol–water partition coefficient (Wildman–Crippen LogP) is 5.66. The second-order valence-electron chi connectivity index (χ2n) is 9.07. The third kappa shape index (κ3) is 7.71. The molecule has 0 aromatic heterocycles. The number of hydrogen-bond acceptors (Lipinski definition) is 4. The zero-order valence-electron chi connectivity index (χ0n) is 21.8. The van der Waals surface area contributed by atoms with Gasteiger partial charge < -0.3 is 10.2 Å². The van der Waals surface area contributed by atoms with E-state index in [9.17, 15) is 22.4 Å². The zero-order chi connectivity index (χ0) is 28.7. The number of hydrogen-bond donors (Lipinski definition) is 1. The highest BCUT2D eigenvalue weighted by molar-refractivity contribution is 7.92. The van der Waals surface area contributed by atoms with Crippen LogP contribution in [0.3, 0.4) is 0 Å². The smallest absolute Gasteiger partial charge is 0.264 e. The standard InChI is InChI=1S/C28H30Cl2FN3O4S/c1-4-19(2)32-28(36)20(3)33(17-21-10-15-25(29)26(30)16-21)27(35)18-34(23-13-11-22(31)12-14-23)39(37,38)24-8-6-5-7-9-24/h5-16,19-20H,4,17-18H2,1-3H3,(H,32,36)/t19-,20-/m1/s1. The van der Waals surface area contributed by atoms with Gasteiger partial charge in [0.05, 0.1) is 20.6 Å². The molecule has 0 aliphatic carbocycles. The molecule has 39 heavy (non-hydrogen) atoms. The van der Waals surface area contributed by atoms with Crippen molar-refractivity contribution in [2.45, 2.75) is 50.7 Å². The summed E-state index contributed by atoms with van der Waals surface area (Å²) in [6, 6.07) is 16.2. The summed E-state index contributed by atoms with van der Waals surface area (Å²) in [5.41, 5.74) is 0.694. The number of halogens is 3. The van der Waals surface area contributed by atoms with Gasteiger partial charge >= 0.3 is 0 Å². The number of carbonyl (C=O) groups is 2. The third-order valence-corrected chi connectivity index (χ3v) is 8.76. The molecule has 0 saturated heterocycles. The van der Waals surface area contributed by atoms with E-state index < -0.39 is 40.2 Å². The average molecular weight is 595 g/mol. The van der Waals surface area contributed by atoms with Gasteiger partial charge in [-0.05, 0) is 74.4 Å². The van der Waals surface area contributed by atoms with Crippen LogP contribution < -0.4 is 9.62 Å². The molecule has 11 heteroatoms. The van der Waals surface area contributed by atoms with Crippen molar-refractivity contribution in [2.24, 2.45) is 0 Å². The zero-order valence-corrected chi connectivity index (χ0v) is 24.1. The molecule has 2 atom stereocenters. The fraction of sp³-hybridized carbons (Fsp3) is 0.286. The van der Waals surface area contributed by atoms with Crippen molar-refractivity contribution in [3.63, 3.8) is 0 Å². The third-order valence-electron chi connectivity index (χ3n) is 6.23. The van der Waals surface area contributed by atoms with Gasteiger partial charge in [-0.15, -0.1) is 0 Å². The first-order valence-electron chi connectivity index (χ1n) is 12.3. The van der Waals surface area contributed by atoms with Gasteiger partial charge in [0.15, 0.2) is 0 Å². The second-order valence-corrected chi connectivity index (χ2v) is 11.7. The van der Waals surface area contributed by atoms with Crippen LogP contribution in [0.25, 0.3) is 0 Å². The summed E-state index contributed by atoms with van der Waals surface area (Å²) in [5.74, 6) is -1.59. The number of carbonyl (C=O) groups excluding carboxylic acids is 2. The van der Waals surface area contributed by atoms with E-state index in [1.165, 1.54) is 29.2 Å². The van der Waals surface area contributed by atoms with Crippen molar-refractivity contribution in [2.75, 3.05) is 10.8 Å². The Kier molecular flexibility index (Phi) is 10.4. The summed E-state index contributed by atoms with van der Waals surface area (Å²) >= 11 is 12.2. The number of nitrogens with zero attached hydrogens (tertiary/aromatic N) is 2. The lowest BCUT2D eigenvalue weighted by molar-refractivity contribution is -0.139. The normalized spacial score (nSPS) is 12.9. The van der Waals surface area contributed by atoms with Crippen LogP contribution in [-0.4, -0.2) is 43.8 Å². The van der Waals surface area contributed by atoms with E-state index in [0.29, 0.717) is 17.0 Å². The van der Waals surface area contributed by atoms with Crippen molar-refractivity contribution >= 4 is 50.7 Å². The van der Waals surface area contributed by atoms with Crippen LogP contribution in [0.15, 0.2) is 77.7 Å². The molecule has 3 rings (SSSR count). The molecular formula is C28H30Cl2FN3O4S. The molecule has 2 amide bonds. The van der Waals surface area contributed by atoms with Gasteiger partial charge in [-0.3, -0.25) is 13.9 Å². The molecule has 0 spiro atoms. The first-order chi connectivity index (χ1) is 18.4. The lowest BCUT2D eigenvalue weighted by Crippen LogP contribution is -2.52. The molecule has 3 aromatic rings. The van der Waals surface area contributed by atoms with Crippen LogP contribution in [0.2, 0.25) is 10.0 Å². The molecule has 208 valence electrons. The summed E-state index contributed by atoms with van der Waals surface area (Å²) in [5, 5.41) is 3.47. The Morgan fingerprint density at radius 2 is 1.59 bits per heavy atom. The van der Waals surface area contributed by atoms with Crippen molar-refractivity contribution in [1.82, 2.24) is 10.2 Å². The SMILES string of the molecule is CC[C@@H](C)NC(=O)[C@@H](C)N(Cc1ccc(Cl)c(Cl)c1)C(=O)CN(c1ccc(F)cc1)S(=O)(=O)c1ccccc1. The number of anilines is 1. The van der Waals surface area contributed by atoms with Gasteiger partial charge in [-0.2, -0.15) is 0 Å². The van der Waals surface area contributed by atoms with Crippen LogP contribution in [0.5, 0.6) is 0 Å². The molecule has 0 heterocycles. The van der Waals surface area contributed by atoms with Gasteiger partial charge in [0, 0.05) is 12.6 Å². The van der Waals surface area contributed by atoms with E-state index in [1.54, 1.807) is 43.3 Å². The fourth-order valence-corrected chi connectivity index (χ4v) is 5.49. The molecular weight excluding hydrogens is 564 g/mol. The van der Waals surface area contributed by atoms with E-state index in [0.717, 1.165) is 16.4 Å². The Balaban J connectivity index is 2.02. The van der Waals surface area contributed by atoms with Crippen LogP contribution in [0, 0.1) is 5.82 Å². The molecule has 3 aromatic carbocycles. The first kappa shape index (κ1) is 30.4. The lowest BCUT2D eigenvalue weighted by Gasteiger charge is -2.32. The highest BCUT2D eigenvalue weighted by Gasteiger charge is 2.32. The minimum Gasteiger partial charge on any atom is -0.352 e. The number of rotatable bonds is 11. The van der Waals surface area contributed by atoms with Crippen LogP contribution in [0.1, 0.15) is 32.8 Å². The maximum Gasteiger partial charge on any atom is 0.264 e. The maximum absolute atomic E-state index is 13.8. The van der Waals surface area contributed by atoms with E-state index in [2.05, 4.69) is 5.32 Å². The summed E-state index contributed by atoms with van der Waals surface area (Å²) in [6.07, 6.45) is 0.687. The molecule has 1 N–H and O–H groups in total. The van der Waals surface area contributed by atoms with Crippen molar-refractivity contribution in [3.05, 3.63) is 94.2 Å². The number of sulfonamides is 1. The topological polar surface area (TPSA) is 86.8 Å². The Labute approximate surface area is 238 Å². The largest absolute Gasteiger partial charge is 0.352 e. The van der Waals surface area contributed by atoms with Crippen LogP contribution in [0.4, 0.5) is 10.1 Å². The summed E-state index contributed by atoms with van der Waals surface area (Å²) in [4.78, 5) is 28.1. The lowest BCUT2D eigenvalue weighted by atomic mass is 10.1. The number of amides is 2. The molecule has 0 saturated carbocycles. The molecule has 0 aliphatic heterocycles. The van der Waals surface area contributed by atoms with E-state index >= 15 is 0 Å². The highest BCUT2D eigenvalue weighted by atomic mass is 35.5. The Morgan fingerprint density at radius 3 is 2.18 bits per heavy atom. The number of nitrogens with one attached hydrogen (secondary N) is 1. The second kappa shape index (κ2) is 13.3. The van der Waals surface area contributed by atoms with Gasteiger partial charge in [0.1, 0.15) is 18.4 Å². The van der Waals surface area contributed by atoms with E-state index in [4.69, 9.17) is 23.2 Å². The van der Waals surface area contributed by atoms with Gasteiger partial charge in [0.2, 0.25) is 11.8 Å². The van der Waals surface area contributed by atoms with Gasteiger partial charge in [-0.25, -0.2) is 12.8 Å². The molecule has 0 bridgehead atoms. The highest BCUT2D eigenvalue weighted by Crippen LogP contribution is 2.26. The monoisotopic (exact) mass is 593 g/mol. The minimum absolute atomic E-state index is 0.0343. The molecule has 0 aliphatic rings. The quantitative estimate of drug-likeness (QED) is 0.311. The maximum atomic E-state index is 13.8. The summed E-state index contributed by atoms with van der Waals surface area (Å²) in [6.45, 7) is 4.67. The van der Waals surface area contributed by atoms with Crippen LogP contribution in [-0.2, 0) is 26.2 Å². The van der Waals surface area contributed by atoms with E-state index in [1.807, 2.05) is 13.8 Å². The van der Waals surface area contributed by atoms with Crippen molar-refractivity contribution in [1.29, 1.82) is 0 Å². The minimum atomic E-state index is -4.23. The Hall–Kier alpha value is -3.14. The summed E-state index contributed by atoms with van der Waals surface area (Å²) in [7, 11) is -4.23. The molecule has 7 nitrogen and oxygen atoms in total. The van der Waals surface area contributed by atoms with Gasteiger partial charge in [-0.1, -0.05) is 54.4 Å². The van der Waals surface area contributed by atoms with Crippen LogP contribution >= 0.6 is 23.2 Å². The Morgan fingerprint density at radius 1 is 0.949 bits per heavy atom. The predicted molar refractivity (Wildman–Crippen MR) is 152 cm³/mol. The van der Waals surface area contributed by atoms with Crippen molar-refractivity contribution in [3.8, 4) is 0 Å². The van der Waals surface area contributed by atoms with Gasteiger partial charge in [0.25, 0.3) is 10.0 Å². The molecule has 0 fully saturated rings. The van der Waals surface area contributed by atoms with Crippen molar-refractivity contribution < 1.29 is 22.4 Å². The fourth-order valence-electron chi connectivity index (χ4n) is 3.74. The molecule has 0 radical (unpaired) electrons. The number of benzene rings is 3. The average Bonchev–Trinajstić information content (AvgIpc) is 2.92. The summed E-state index contributed by atoms with van der Waals surface area (Å²) < 4.78 is 41.9. The van der Waals surface area contributed by atoms with E-state index in [-0.39, 0.29) is 28.2 Å².